The Bertz CT molecular complexity index is 1640. The van der Waals surface area contributed by atoms with Gasteiger partial charge in [0, 0.05) is 11.6 Å². The average molecular weight is 668 g/mol. The molecule has 1 aliphatic rings. The monoisotopic (exact) mass is 667 g/mol. The fourth-order valence-electron chi connectivity index (χ4n) is 6.11. The Labute approximate surface area is 287 Å². The summed E-state index contributed by atoms with van der Waals surface area (Å²) in [5, 5.41) is 5.19. The standard InChI is InChI=1S/C39H45N3O5S/c1-3-11-28-14-16-29(17-15-28)31-20-23-35(32(26-31)27-40-42-39-41-34-12-7-8-13-36(34)48-39)47-38(44)30-18-21-33(22-19-30)45-24-9-5-6-10-25-46-37(43)4-2/h4,7-8,12-13,18-23,26-29H,2-3,5-6,9-11,14-17,24-25H2,1H3,(H,41,42)/b40-27+. The quantitative estimate of drug-likeness (QED) is 0.0299. The third-order valence-electron chi connectivity index (χ3n) is 8.72. The summed E-state index contributed by atoms with van der Waals surface area (Å²) in [5.41, 5.74) is 6.41. The highest BCUT2D eigenvalue weighted by molar-refractivity contribution is 7.22. The molecule has 0 atom stereocenters. The molecule has 1 aliphatic carbocycles. The first-order chi connectivity index (χ1) is 23.5. The van der Waals surface area contributed by atoms with Crippen LogP contribution in [0.25, 0.3) is 10.2 Å². The molecule has 1 saturated carbocycles. The summed E-state index contributed by atoms with van der Waals surface area (Å²) in [6.45, 7) is 6.63. The third-order valence-corrected chi connectivity index (χ3v) is 9.66. The summed E-state index contributed by atoms with van der Waals surface area (Å²) in [4.78, 5) is 28.9. The lowest BCUT2D eigenvalue weighted by Crippen LogP contribution is -2.14. The van der Waals surface area contributed by atoms with Crippen molar-refractivity contribution in [1.29, 1.82) is 0 Å². The molecule has 0 radical (unpaired) electrons. The number of thiazole rings is 1. The van der Waals surface area contributed by atoms with Crippen molar-refractivity contribution in [2.45, 2.75) is 77.0 Å². The molecule has 5 rings (SSSR count). The van der Waals surface area contributed by atoms with E-state index in [9.17, 15) is 9.59 Å². The van der Waals surface area contributed by atoms with E-state index in [0.29, 0.717) is 41.3 Å². The largest absolute Gasteiger partial charge is 0.494 e. The summed E-state index contributed by atoms with van der Waals surface area (Å²) >= 11 is 1.54. The minimum Gasteiger partial charge on any atom is -0.494 e. The van der Waals surface area contributed by atoms with Crippen LogP contribution in [0, 0.1) is 5.92 Å². The minimum atomic E-state index is -0.444. The van der Waals surface area contributed by atoms with Gasteiger partial charge >= 0.3 is 11.9 Å². The highest BCUT2D eigenvalue weighted by Crippen LogP contribution is 2.38. The van der Waals surface area contributed by atoms with Crippen molar-refractivity contribution in [1.82, 2.24) is 4.98 Å². The molecule has 9 heteroatoms. The molecular formula is C39H45N3O5S. The maximum Gasteiger partial charge on any atom is 0.343 e. The Kier molecular flexibility index (Phi) is 13.2. The van der Waals surface area contributed by atoms with Gasteiger partial charge in [0.15, 0.2) is 0 Å². The second-order valence-corrected chi connectivity index (χ2v) is 13.2. The van der Waals surface area contributed by atoms with Crippen molar-refractivity contribution in [3.63, 3.8) is 0 Å². The highest BCUT2D eigenvalue weighted by Gasteiger charge is 2.23. The molecule has 0 spiro atoms. The molecule has 0 bridgehead atoms. The second kappa shape index (κ2) is 18.2. The van der Waals surface area contributed by atoms with Gasteiger partial charge in [0.25, 0.3) is 0 Å². The molecule has 1 N–H and O–H groups in total. The van der Waals surface area contributed by atoms with E-state index in [-0.39, 0.29) is 5.97 Å². The zero-order chi connectivity index (χ0) is 33.6. The number of fused-ring (bicyclic) bond motifs is 1. The van der Waals surface area contributed by atoms with Gasteiger partial charge in [-0.3, -0.25) is 5.43 Å². The number of carbonyl (C=O) groups is 2. The SMILES string of the molecule is C=CC(=O)OCCCCCCOc1ccc(C(=O)Oc2ccc(C3CCC(CCC)CC3)cc2/C=N/Nc2nc3ccccc3s2)cc1. The van der Waals surface area contributed by atoms with E-state index >= 15 is 0 Å². The number of para-hydroxylation sites is 1. The van der Waals surface area contributed by atoms with Gasteiger partial charge in [-0.05, 0) is 117 Å². The maximum absolute atomic E-state index is 13.2. The molecule has 1 aromatic heterocycles. The number of hydrogen-bond donors (Lipinski definition) is 1. The summed E-state index contributed by atoms with van der Waals surface area (Å²) in [6, 6.07) is 21.1. The van der Waals surface area contributed by atoms with E-state index in [2.05, 4.69) is 41.1 Å². The van der Waals surface area contributed by atoms with Crippen molar-refractivity contribution in [3.05, 3.63) is 96.1 Å². The Balaban J connectivity index is 1.19. The summed E-state index contributed by atoms with van der Waals surface area (Å²) in [7, 11) is 0. The van der Waals surface area contributed by atoms with Crippen LogP contribution < -0.4 is 14.9 Å². The number of benzene rings is 3. The third kappa shape index (κ3) is 10.2. The van der Waals surface area contributed by atoms with E-state index in [4.69, 9.17) is 14.2 Å². The van der Waals surface area contributed by atoms with Crippen molar-refractivity contribution >= 4 is 44.8 Å². The predicted molar refractivity (Wildman–Crippen MR) is 193 cm³/mol. The van der Waals surface area contributed by atoms with Gasteiger partial charge in [0.2, 0.25) is 5.13 Å². The summed E-state index contributed by atoms with van der Waals surface area (Å²) in [5.74, 6) is 1.63. The molecule has 1 fully saturated rings. The zero-order valence-electron chi connectivity index (χ0n) is 27.7. The number of nitrogens with one attached hydrogen (secondary N) is 1. The Hall–Kier alpha value is -4.50. The fourth-order valence-corrected chi connectivity index (χ4v) is 6.93. The molecule has 0 saturated heterocycles. The van der Waals surface area contributed by atoms with Crippen molar-refractivity contribution in [3.8, 4) is 11.5 Å². The van der Waals surface area contributed by atoms with Gasteiger partial charge in [-0.1, -0.05) is 55.9 Å². The second-order valence-electron chi connectivity index (χ2n) is 12.2. The number of nitrogens with zero attached hydrogens (tertiary/aromatic N) is 2. The number of hydrogen-bond acceptors (Lipinski definition) is 9. The number of esters is 2. The van der Waals surface area contributed by atoms with Crippen LogP contribution in [0.3, 0.4) is 0 Å². The molecule has 1 heterocycles. The van der Waals surface area contributed by atoms with Crippen molar-refractivity contribution in [2.75, 3.05) is 18.6 Å². The van der Waals surface area contributed by atoms with E-state index < -0.39 is 5.97 Å². The van der Waals surface area contributed by atoms with Crippen molar-refractivity contribution in [2.24, 2.45) is 11.0 Å². The van der Waals surface area contributed by atoms with Gasteiger partial charge in [-0.25, -0.2) is 14.6 Å². The highest BCUT2D eigenvalue weighted by atomic mass is 32.1. The molecular weight excluding hydrogens is 623 g/mol. The lowest BCUT2D eigenvalue weighted by molar-refractivity contribution is -0.137. The van der Waals surface area contributed by atoms with E-state index in [1.807, 2.05) is 30.3 Å². The van der Waals surface area contributed by atoms with E-state index in [0.717, 1.165) is 47.4 Å². The molecule has 3 aromatic carbocycles. The van der Waals surface area contributed by atoms with Gasteiger partial charge in [0.05, 0.1) is 35.2 Å². The number of hydrazone groups is 1. The average Bonchev–Trinajstić information content (AvgIpc) is 3.53. The normalized spacial score (nSPS) is 16.1. The van der Waals surface area contributed by atoms with Crippen LogP contribution >= 0.6 is 11.3 Å². The van der Waals surface area contributed by atoms with Gasteiger partial charge in [0.1, 0.15) is 11.5 Å². The van der Waals surface area contributed by atoms with Crippen LogP contribution in [-0.4, -0.2) is 36.4 Å². The van der Waals surface area contributed by atoms with Gasteiger partial charge in [-0.15, -0.1) is 0 Å². The summed E-state index contributed by atoms with van der Waals surface area (Å²) < 4.78 is 17.9. The van der Waals surface area contributed by atoms with E-state index in [1.165, 1.54) is 61.5 Å². The van der Waals surface area contributed by atoms with Crippen LogP contribution in [0.15, 0.2) is 84.5 Å². The lowest BCUT2D eigenvalue weighted by Gasteiger charge is -2.29. The van der Waals surface area contributed by atoms with Crippen LogP contribution in [0.5, 0.6) is 11.5 Å². The minimum absolute atomic E-state index is 0.387. The van der Waals surface area contributed by atoms with Crippen LogP contribution in [0.1, 0.15) is 98.5 Å². The first-order valence-electron chi connectivity index (χ1n) is 17.0. The summed E-state index contributed by atoms with van der Waals surface area (Å²) in [6.07, 6.45) is 13.9. The number of unbranched alkanes of at least 4 members (excludes halogenated alkanes) is 3. The number of carbonyl (C=O) groups excluding carboxylic acids is 2. The van der Waals surface area contributed by atoms with Gasteiger partial charge in [-0.2, -0.15) is 5.10 Å². The maximum atomic E-state index is 13.2. The molecule has 0 unspecified atom stereocenters. The number of anilines is 1. The molecule has 48 heavy (non-hydrogen) atoms. The number of rotatable bonds is 17. The zero-order valence-corrected chi connectivity index (χ0v) is 28.5. The topological polar surface area (TPSA) is 99.1 Å². The Morgan fingerprint density at radius 2 is 1.75 bits per heavy atom. The van der Waals surface area contributed by atoms with Crippen molar-refractivity contribution < 1.29 is 23.8 Å². The molecule has 0 aliphatic heterocycles. The molecule has 252 valence electrons. The Morgan fingerprint density at radius 3 is 2.50 bits per heavy atom. The first kappa shape index (κ1) is 34.8. The lowest BCUT2D eigenvalue weighted by atomic mass is 9.77. The number of ether oxygens (including phenoxy) is 3. The van der Waals surface area contributed by atoms with Crippen LogP contribution in [0.4, 0.5) is 5.13 Å². The van der Waals surface area contributed by atoms with E-state index in [1.54, 1.807) is 30.5 Å². The molecule has 4 aromatic rings. The molecule has 0 amide bonds. The smallest absolute Gasteiger partial charge is 0.343 e. The van der Waals surface area contributed by atoms with Crippen LogP contribution in [-0.2, 0) is 9.53 Å². The van der Waals surface area contributed by atoms with Crippen LogP contribution in [0.2, 0.25) is 0 Å². The Morgan fingerprint density at radius 1 is 0.979 bits per heavy atom. The first-order valence-corrected chi connectivity index (χ1v) is 17.9. The fraction of sp³-hybridized carbons (Fsp3) is 0.385. The molecule has 8 nitrogen and oxygen atoms in total. The predicted octanol–water partition coefficient (Wildman–Crippen LogP) is 9.70. The number of aromatic nitrogens is 1. The van der Waals surface area contributed by atoms with Gasteiger partial charge < -0.3 is 14.2 Å².